The Kier molecular flexibility index (Phi) is 4.90. The predicted molar refractivity (Wildman–Crippen MR) is 105 cm³/mol. The maximum atomic E-state index is 13.3. The number of hydrogen-bond donors (Lipinski definition) is 2. The molecule has 1 aromatic heterocycles. The summed E-state index contributed by atoms with van der Waals surface area (Å²) >= 11 is 0. The van der Waals surface area contributed by atoms with Crippen LogP contribution in [-0.4, -0.2) is 26.6 Å². The smallest absolute Gasteiger partial charge is 0.253 e. The molecular weight excluding hydrogens is 373 g/mol. The standard InChI is InChI=1S/C21H18FN5O2/c1-13-2-7-16(27-11-24-25-12-27)8-19(13)26-21(29)18-10-23-20(28)9-17(18)14-3-5-15(22)6-4-14/h2-8,10-12,17H,9H2,1H3,(H,23,28)(H,26,29)/t17-/m0/s1. The summed E-state index contributed by atoms with van der Waals surface area (Å²) in [6.07, 6.45) is 4.68. The monoisotopic (exact) mass is 391 g/mol. The molecule has 2 amide bonds. The fourth-order valence-electron chi connectivity index (χ4n) is 3.26. The highest BCUT2D eigenvalue weighted by molar-refractivity contribution is 6.06. The van der Waals surface area contributed by atoms with E-state index in [1.807, 2.05) is 25.1 Å². The van der Waals surface area contributed by atoms with Gasteiger partial charge in [0.2, 0.25) is 5.91 Å². The molecule has 1 aliphatic rings. The second-order valence-corrected chi connectivity index (χ2v) is 6.80. The molecule has 0 aliphatic carbocycles. The molecule has 7 nitrogen and oxygen atoms in total. The van der Waals surface area contributed by atoms with Crippen molar-refractivity contribution in [2.75, 3.05) is 5.32 Å². The van der Waals surface area contributed by atoms with Crippen LogP contribution in [0.4, 0.5) is 10.1 Å². The van der Waals surface area contributed by atoms with Gasteiger partial charge in [-0.05, 0) is 42.3 Å². The summed E-state index contributed by atoms with van der Waals surface area (Å²) < 4.78 is 15.0. The van der Waals surface area contributed by atoms with Crippen molar-refractivity contribution in [2.45, 2.75) is 19.3 Å². The van der Waals surface area contributed by atoms with Crippen molar-refractivity contribution in [1.82, 2.24) is 20.1 Å². The molecule has 1 atom stereocenters. The van der Waals surface area contributed by atoms with Gasteiger partial charge in [0.1, 0.15) is 18.5 Å². The van der Waals surface area contributed by atoms with Crippen LogP contribution in [0.5, 0.6) is 0 Å². The maximum absolute atomic E-state index is 13.3. The van der Waals surface area contributed by atoms with Crippen LogP contribution < -0.4 is 10.6 Å². The third-order valence-corrected chi connectivity index (χ3v) is 4.87. The third-order valence-electron chi connectivity index (χ3n) is 4.87. The van der Waals surface area contributed by atoms with Gasteiger partial charge in [-0.3, -0.25) is 14.2 Å². The summed E-state index contributed by atoms with van der Waals surface area (Å²) in [5, 5.41) is 13.1. The number of rotatable bonds is 4. The van der Waals surface area contributed by atoms with Crippen LogP contribution in [-0.2, 0) is 9.59 Å². The van der Waals surface area contributed by atoms with Crippen molar-refractivity contribution < 1.29 is 14.0 Å². The van der Waals surface area contributed by atoms with Crippen LogP contribution in [0, 0.1) is 12.7 Å². The molecule has 2 aromatic carbocycles. The molecule has 3 aromatic rings. The summed E-state index contributed by atoms with van der Waals surface area (Å²) in [4.78, 5) is 24.9. The van der Waals surface area contributed by atoms with Gasteiger partial charge < -0.3 is 10.6 Å². The molecule has 146 valence electrons. The van der Waals surface area contributed by atoms with Gasteiger partial charge in [-0.2, -0.15) is 0 Å². The minimum atomic E-state index is -0.453. The largest absolute Gasteiger partial charge is 0.332 e. The first kappa shape index (κ1) is 18.5. The van der Waals surface area contributed by atoms with Gasteiger partial charge in [-0.25, -0.2) is 4.39 Å². The van der Waals surface area contributed by atoms with E-state index in [0.29, 0.717) is 16.8 Å². The molecule has 0 saturated carbocycles. The van der Waals surface area contributed by atoms with Crippen LogP contribution in [0.25, 0.3) is 5.69 Å². The Bertz CT molecular complexity index is 1090. The molecule has 8 heteroatoms. The first-order valence-corrected chi connectivity index (χ1v) is 9.03. The first-order valence-electron chi connectivity index (χ1n) is 9.03. The van der Waals surface area contributed by atoms with Crippen molar-refractivity contribution in [3.8, 4) is 5.69 Å². The average molecular weight is 391 g/mol. The highest BCUT2D eigenvalue weighted by Gasteiger charge is 2.29. The van der Waals surface area contributed by atoms with E-state index in [-0.39, 0.29) is 24.1 Å². The van der Waals surface area contributed by atoms with Crippen molar-refractivity contribution in [3.05, 3.63) is 83.8 Å². The van der Waals surface area contributed by atoms with E-state index < -0.39 is 5.92 Å². The Morgan fingerprint density at radius 3 is 2.62 bits per heavy atom. The Morgan fingerprint density at radius 1 is 1.17 bits per heavy atom. The zero-order valence-corrected chi connectivity index (χ0v) is 15.6. The van der Waals surface area contributed by atoms with Gasteiger partial charge in [-0.1, -0.05) is 18.2 Å². The molecule has 0 spiro atoms. The van der Waals surface area contributed by atoms with E-state index in [1.165, 1.54) is 18.3 Å². The van der Waals surface area contributed by atoms with E-state index in [2.05, 4.69) is 20.8 Å². The van der Waals surface area contributed by atoms with Crippen LogP contribution in [0.15, 0.2) is 66.9 Å². The third kappa shape index (κ3) is 3.91. The van der Waals surface area contributed by atoms with Crippen LogP contribution in [0.1, 0.15) is 23.5 Å². The van der Waals surface area contributed by atoms with Gasteiger partial charge >= 0.3 is 0 Å². The number of aryl methyl sites for hydroxylation is 1. The fraction of sp³-hybridized carbons (Fsp3) is 0.143. The van der Waals surface area contributed by atoms with Crippen molar-refractivity contribution in [3.63, 3.8) is 0 Å². The second kappa shape index (κ2) is 7.67. The molecule has 2 heterocycles. The molecule has 0 unspecified atom stereocenters. The van der Waals surface area contributed by atoms with Gasteiger partial charge in [0, 0.05) is 29.8 Å². The summed E-state index contributed by atoms with van der Waals surface area (Å²) in [6.45, 7) is 1.89. The normalized spacial score (nSPS) is 16.1. The molecule has 0 saturated heterocycles. The summed E-state index contributed by atoms with van der Waals surface area (Å²) in [5.74, 6) is -1.35. The number of halogens is 1. The SMILES string of the molecule is Cc1ccc(-n2cnnc2)cc1NC(=O)C1=CNC(=O)C[C@H]1c1ccc(F)cc1. The Balaban J connectivity index is 1.62. The van der Waals surface area contributed by atoms with Crippen molar-refractivity contribution in [1.29, 1.82) is 0 Å². The van der Waals surface area contributed by atoms with Gasteiger partial charge in [-0.15, -0.1) is 10.2 Å². The number of anilines is 1. The second-order valence-electron chi connectivity index (χ2n) is 6.80. The maximum Gasteiger partial charge on any atom is 0.253 e. The topological polar surface area (TPSA) is 88.9 Å². The van der Waals surface area contributed by atoms with E-state index in [1.54, 1.807) is 29.4 Å². The van der Waals surface area contributed by atoms with E-state index >= 15 is 0 Å². The van der Waals surface area contributed by atoms with E-state index in [4.69, 9.17) is 0 Å². The average Bonchev–Trinajstić information content (AvgIpc) is 3.25. The molecule has 2 N–H and O–H groups in total. The lowest BCUT2D eigenvalue weighted by Crippen LogP contribution is -2.32. The number of amides is 2. The van der Waals surface area contributed by atoms with Crippen molar-refractivity contribution in [2.24, 2.45) is 0 Å². The minimum absolute atomic E-state index is 0.116. The number of nitrogens with one attached hydrogen (secondary N) is 2. The first-order chi connectivity index (χ1) is 14.0. The quantitative estimate of drug-likeness (QED) is 0.716. The zero-order chi connectivity index (χ0) is 20.4. The zero-order valence-electron chi connectivity index (χ0n) is 15.6. The van der Waals surface area contributed by atoms with Crippen LogP contribution in [0.2, 0.25) is 0 Å². The van der Waals surface area contributed by atoms with E-state index in [0.717, 1.165) is 11.3 Å². The van der Waals surface area contributed by atoms with Crippen LogP contribution in [0.3, 0.4) is 0 Å². The molecular formula is C21H18FN5O2. The number of carbonyl (C=O) groups is 2. The molecule has 1 aliphatic heterocycles. The highest BCUT2D eigenvalue weighted by atomic mass is 19.1. The van der Waals surface area contributed by atoms with Gasteiger partial charge in [0.05, 0.1) is 5.69 Å². The number of benzene rings is 2. The lowest BCUT2D eigenvalue weighted by Gasteiger charge is -2.24. The summed E-state index contributed by atoms with van der Waals surface area (Å²) in [7, 11) is 0. The lowest BCUT2D eigenvalue weighted by atomic mass is 9.86. The Labute approximate surface area is 166 Å². The molecule has 0 fully saturated rings. The molecule has 0 bridgehead atoms. The molecule has 0 radical (unpaired) electrons. The van der Waals surface area contributed by atoms with Crippen molar-refractivity contribution >= 4 is 17.5 Å². The molecule has 4 rings (SSSR count). The van der Waals surface area contributed by atoms with Gasteiger partial charge in [0.25, 0.3) is 5.91 Å². The fourth-order valence-corrected chi connectivity index (χ4v) is 3.26. The number of aromatic nitrogens is 3. The van der Waals surface area contributed by atoms with Crippen LogP contribution >= 0.6 is 0 Å². The highest BCUT2D eigenvalue weighted by Crippen LogP contribution is 2.31. The summed E-state index contributed by atoms with van der Waals surface area (Å²) in [5.41, 5.74) is 3.44. The predicted octanol–water partition coefficient (Wildman–Crippen LogP) is 2.84. The number of nitrogens with zero attached hydrogens (tertiary/aromatic N) is 3. The number of carbonyl (C=O) groups excluding carboxylic acids is 2. The Morgan fingerprint density at radius 2 is 1.90 bits per heavy atom. The molecule has 29 heavy (non-hydrogen) atoms. The number of hydrogen-bond acceptors (Lipinski definition) is 4. The summed E-state index contributed by atoms with van der Waals surface area (Å²) in [6, 6.07) is 11.4. The van der Waals surface area contributed by atoms with Gasteiger partial charge in [0.15, 0.2) is 0 Å². The Hall–Kier alpha value is -3.81. The van der Waals surface area contributed by atoms with E-state index in [9.17, 15) is 14.0 Å². The minimum Gasteiger partial charge on any atom is -0.332 e. The lowest BCUT2D eigenvalue weighted by molar-refractivity contribution is -0.121.